The zero-order valence-electron chi connectivity index (χ0n) is 9.87. The number of hydrogen-bond donors (Lipinski definition) is 1. The lowest BCUT2D eigenvalue weighted by molar-refractivity contribution is -0.119. The summed E-state index contributed by atoms with van der Waals surface area (Å²) in [6.45, 7) is 3.93. The van der Waals surface area contributed by atoms with Crippen molar-refractivity contribution >= 4 is 16.5 Å². The molecule has 1 heterocycles. The number of carbonyl (C=O) groups is 1. The maximum Gasteiger partial charge on any atom is 0.239 e. The molecule has 0 spiro atoms. The van der Waals surface area contributed by atoms with Gasteiger partial charge in [0, 0.05) is 12.4 Å². The molecule has 1 rings (SSSR count). The first-order chi connectivity index (χ1) is 8.00. The Morgan fingerprint density at radius 3 is 2.59 bits per heavy atom. The van der Waals surface area contributed by atoms with Gasteiger partial charge >= 0.3 is 0 Å². The van der Waals surface area contributed by atoms with E-state index in [1.807, 2.05) is 13.8 Å². The van der Waals surface area contributed by atoms with Crippen LogP contribution in [-0.2, 0) is 19.6 Å². The largest absolute Gasteiger partial charge is 0.440 e. The number of aromatic nitrogens is 1. The normalized spacial score (nSPS) is 14.8. The summed E-state index contributed by atoms with van der Waals surface area (Å²) < 4.78 is 15.3. The summed E-state index contributed by atoms with van der Waals surface area (Å²) in [7, 11) is -1.69. The van der Waals surface area contributed by atoms with Crippen molar-refractivity contribution in [3.8, 4) is 0 Å². The van der Waals surface area contributed by atoms with E-state index < -0.39 is 22.5 Å². The van der Waals surface area contributed by atoms with Crippen molar-refractivity contribution in [1.82, 2.24) is 4.98 Å². The highest BCUT2D eigenvalue weighted by Gasteiger charge is 2.11. The average Bonchev–Trinajstić information content (AvgIpc) is 2.29. The van der Waals surface area contributed by atoms with Crippen LogP contribution in [0.15, 0.2) is 33.8 Å². The number of pyridine rings is 1. The van der Waals surface area contributed by atoms with Crippen molar-refractivity contribution in [3.63, 3.8) is 0 Å². The SMILES string of the molecule is CC(C)CC(N)C(=O)N=[S-](=O)c1ccncc1. The van der Waals surface area contributed by atoms with Gasteiger partial charge < -0.3 is 14.3 Å². The van der Waals surface area contributed by atoms with Gasteiger partial charge in [-0.05, 0) is 12.3 Å². The van der Waals surface area contributed by atoms with Crippen LogP contribution in [0.5, 0.6) is 0 Å². The van der Waals surface area contributed by atoms with Crippen LogP contribution in [0.3, 0.4) is 0 Å². The third kappa shape index (κ3) is 4.62. The van der Waals surface area contributed by atoms with Gasteiger partial charge in [-0.2, -0.15) is 10.6 Å². The summed E-state index contributed by atoms with van der Waals surface area (Å²) in [6.07, 6.45) is 3.54. The fourth-order valence-corrected chi connectivity index (χ4v) is 2.02. The maximum atomic E-state index is 11.7. The van der Waals surface area contributed by atoms with E-state index in [1.54, 1.807) is 12.1 Å². The smallest absolute Gasteiger partial charge is 0.239 e. The van der Waals surface area contributed by atoms with Crippen LogP contribution in [0, 0.1) is 5.92 Å². The van der Waals surface area contributed by atoms with Crippen molar-refractivity contribution in [3.05, 3.63) is 24.5 Å². The molecule has 17 heavy (non-hydrogen) atoms. The fraction of sp³-hybridized carbons (Fsp3) is 0.455. The summed E-state index contributed by atoms with van der Waals surface area (Å²) in [5.74, 6) is -0.215. The molecule has 6 heteroatoms. The highest BCUT2D eigenvalue weighted by Crippen LogP contribution is 2.06. The molecule has 0 aliphatic rings. The average molecular weight is 254 g/mol. The second kappa shape index (κ2) is 6.46. The molecule has 1 aromatic heterocycles. The molecule has 0 aliphatic carbocycles. The standard InChI is InChI=1S/C11H16N3O2S/c1-8(2)7-10(12)11(15)14-17(16)9-3-5-13-6-4-9/h3-6,8,10H,7,12H2,1-2H3/q-1. The molecule has 0 bridgehead atoms. The molecule has 5 nitrogen and oxygen atoms in total. The van der Waals surface area contributed by atoms with Gasteiger partial charge in [0.2, 0.25) is 5.91 Å². The van der Waals surface area contributed by atoms with Gasteiger partial charge in [-0.1, -0.05) is 30.9 Å². The molecule has 0 fully saturated rings. The van der Waals surface area contributed by atoms with E-state index in [2.05, 4.69) is 9.35 Å². The number of hydrogen-bond acceptors (Lipinski definition) is 5. The summed E-state index contributed by atoms with van der Waals surface area (Å²) in [5, 5.41) is 0. The molecule has 94 valence electrons. The Bertz CT molecular complexity index is 453. The second-order valence-electron chi connectivity index (χ2n) is 4.10. The second-order valence-corrected chi connectivity index (χ2v) is 5.25. The predicted octanol–water partition coefficient (Wildman–Crippen LogP) is 1.49. The first-order valence-corrected chi connectivity index (χ1v) is 6.44. The molecule has 1 unspecified atom stereocenters. The maximum absolute atomic E-state index is 11.7. The van der Waals surface area contributed by atoms with Gasteiger partial charge in [-0.15, -0.1) is 0 Å². The topological polar surface area (TPSA) is 85.4 Å². The molecular weight excluding hydrogens is 238 g/mol. The number of carbonyl (C=O) groups excluding carboxylic acids is 1. The zero-order valence-corrected chi connectivity index (χ0v) is 10.7. The van der Waals surface area contributed by atoms with E-state index in [4.69, 9.17) is 5.73 Å². The Morgan fingerprint density at radius 2 is 2.06 bits per heavy atom. The predicted molar refractivity (Wildman–Crippen MR) is 65.4 cm³/mol. The van der Waals surface area contributed by atoms with Crippen molar-refractivity contribution in [2.75, 3.05) is 0 Å². The number of nitrogens with zero attached hydrogens (tertiary/aromatic N) is 2. The van der Waals surface area contributed by atoms with E-state index in [9.17, 15) is 9.00 Å². The number of rotatable bonds is 4. The fourth-order valence-electron chi connectivity index (χ4n) is 1.27. The lowest BCUT2D eigenvalue weighted by atomic mass is 10.0. The molecule has 0 radical (unpaired) electrons. The summed E-state index contributed by atoms with van der Waals surface area (Å²) in [4.78, 5) is 15.8. The van der Waals surface area contributed by atoms with Crippen LogP contribution in [0.4, 0.5) is 0 Å². The van der Waals surface area contributed by atoms with Crippen LogP contribution in [0.2, 0.25) is 0 Å². The Kier molecular flexibility index (Phi) is 5.24. The van der Waals surface area contributed by atoms with Crippen LogP contribution >= 0.6 is 0 Å². The van der Waals surface area contributed by atoms with Crippen LogP contribution in [0.1, 0.15) is 20.3 Å². The van der Waals surface area contributed by atoms with Gasteiger partial charge in [-0.3, -0.25) is 9.78 Å². The summed E-state index contributed by atoms with van der Waals surface area (Å²) in [5.41, 5.74) is 5.65. The lowest BCUT2D eigenvalue weighted by Gasteiger charge is -2.12. The summed E-state index contributed by atoms with van der Waals surface area (Å²) >= 11 is 0. The van der Waals surface area contributed by atoms with E-state index in [-0.39, 0.29) is 0 Å². The molecule has 1 amide bonds. The van der Waals surface area contributed by atoms with Crippen molar-refractivity contribution in [1.29, 1.82) is 0 Å². The van der Waals surface area contributed by atoms with Crippen molar-refractivity contribution in [2.45, 2.75) is 31.2 Å². The van der Waals surface area contributed by atoms with E-state index in [0.717, 1.165) is 0 Å². The minimum atomic E-state index is -1.69. The third-order valence-corrected chi connectivity index (χ3v) is 3.09. The molecule has 2 N–H and O–H groups in total. The Hall–Kier alpha value is -1.27. The lowest BCUT2D eigenvalue weighted by Crippen LogP contribution is -2.30. The Morgan fingerprint density at radius 1 is 1.47 bits per heavy atom. The van der Waals surface area contributed by atoms with Crippen LogP contribution in [0.25, 0.3) is 0 Å². The first kappa shape index (κ1) is 13.8. The van der Waals surface area contributed by atoms with Gasteiger partial charge in [0.1, 0.15) is 0 Å². The molecule has 0 aliphatic heterocycles. The minimum Gasteiger partial charge on any atom is -0.440 e. The molecule has 0 aromatic carbocycles. The highest BCUT2D eigenvalue weighted by atomic mass is 32.2. The zero-order chi connectivity index (χ0) is 12.8. The molecule has 0 saturated heterocycles. The van der Waals surface area contributed by atoms with Gasteiger partial charge in [0.15, 0.2) is 0 Å². The van der Waals surface area contributed by atoms with Crippen LogP contribution in [-0.4, -0.2) is 16.9 Å². The Balaban J connectivity index is 2.76. The van der Waals surface area contributed by atoms with E-state index in [1.165, 1.54) is 12.4 Å². The third-order valence-electron chi connectivity index (χ3n) is 2.07. The van der Waals surface area contributed by atoms with Crippen molar-refractivity contribution < 1.29 is 9.00 Å². The van der Waals surface area contributed by atoms with Crippen LogP contribution < -0.4 is 5.73 Å². The molecule has 1 aromatic rings. The van der Waals surface area contributed by atoms with Crippen molar-refractivity contribution in [2.24, 2.45) is 16.0 Å². The molecular formula is C11H16N3O2S-. The monoisotopic (exact) mass is 254 g/mol. The van der Waals surface area contributed by atoms with Gasteiger partial charge in [-0.25, -0.2) is 0 Å². The van der Waals surface area contributed by atoms with Gasteiger partial charge in [0.05, 0.1) is 6.04 Å². The number of nitrogens with two attached hydrogens (primary N) is 1. The van der Waals surface area contributed by atoms with Gasteiger partial charge in [0.25, 0.3) is 0 Å². The van der Waals surface area contributed by atoms with E-state index in [0.29, 0.717) is 17.2 Å². The summed E-state index contributed by atoms with van der Waals surface area (Å²) in [6, 6.07) is 2.43. The molecule has 0 saturated carbocycles. The first-order valence-electron chi connectivity index (χ1n) is 5.33. The minimum absolute atomic E-state index is 0.304. The number of amides is 1. The Labute approximate surface area is 103 Å². The van der Waals surface area contributed by atoms with E-state index >= 15 is 0 Å². The highest BCUT2D eigenvalue weighted by molar-refractivity contribution is 7.75. The quantitative estimate of drug-likeness (QED) is 0.825. The molecule has 1 atom stereocenters.